The van der Waals surface area contributed by atoms with Gasteiger partial charge in [0.25, 0.3) is 8.32 Å². The Morgan fingerprint density at radius 2 is 1.46 bits per heavy atom. The number of aliphatic hydroxyl groups excluding tert-OH is 2. The van der Waals surface area contributed by atoms with Gasteiger partial charge in [-0.25, -0.2) is 0 Å². The molecule has 0 aliphatic heterocycles. The second-order valence-corrected chi connectivity index (χ2v) is 12.8. The Kier molecular flexibility index (Phi) is 6.73. The van der Waals surface area contributed by atoms with E-state index in [-0.39, 0.29) is 30.5 Å². The minimum Gasteiger partial charge on any atom is -0.404 e. The molecule has 3 unspecified atom stereocenters. The predicted molar refractivity (Wildman–Crippen MR) is 115 cm³/mol. The summed E-state index contributed by atoms with van der Waals surface area (Å²) < 4.78 is 12.7. The van der Waals surface area contributed by atoms with Crippen LogP contribution in [0.1, 0.15) is 33.6 Å². The normalized spacial score (nSPS) is 23.1. The van der Waals surface area contributed by atoms with Crippen molar-refractivity contribution < 1.29 is 19.4 Å². The van der Waals surface area contributed by atoms with Crippen LogP contribution in [-0.4, -0.2) is 50.1 Å². The van der Waals surface area contributed by atoms with Gasteiger partial charge < -0.3 is 19.4 Å². The third-order valence-electron chi connectivity index (χ3n) is 5.61. The summed E-state index contributed by atoms with van der Waals surface area (Å²) in [4.78, 5) is 0. The van der Waals surface area contributed by atoms with Crippen LogP contribution >= 0.6 is 0 Å². The zero-order chi connectivity index (χ0) is 20.2. The number of ether oxygens (including phenoxy) is 1. The molecule has 2 aromatic carbocycles. The lowest BCUT2D eigenvalue weighted by Crippen LogP contribution is -2.67. The first-order chi connectivity index (χ1) is 13.4. The van der Waals surface area contributed by atoms with Gasteiger partial charge >= 0.3 is 0 Å². The molecule has 1 saturated carbocycles. The van der Waals surface area contributed by atoms with Crippen LogP contribution in [0, 0.1) is 0 Å². The first-order valence-corrected chi connectivity index (χ1v) is 12.0. The van der Waals surface area contributed by atoms with Crippen LogP contribution in [0.2, 0.25) is 5.04 Å². The van der Waals surface area contributed by atoms with Crippen LogP contribution in [0.25, 0.3) is 0 Å². The third-order valence-corrected chi connectivity index (χ3v) is 10.7. The molecule has 152 valence electrons. The highest BCUT2D eigenvalue weighted by Gasteiger charge is 2.52. The molecule has 3 atom stereocenters. The van der Waals surface area contributed by atoms with Gasteiger partial charge in [0.2, 0.25) is 0 Å². The molecule has 0 bridgehead atoms. The first kappa shape index (κ1) is 21.2. The van der Waals surface area contributed by atoms with Crippen LogP contribution in [-0.2, 0) is 9.16 Å². The van der Waals surface area contributed by atoms with Crippen molar-refractivity contribution in [2.75, 3.05) is 13.2 Å². The number of benzene rings is 2. The summed E-state index contributed by atoms with van der Waals surface area (Å²) in [7, 11) is -2.62. The maximum Gasteiger partial charge on any atom is 0.261 e. The molecule has 1 aliphatic rings. The quantitative estimate of drug-likeness (QED) is 0.701. The molecule has 5 heteroatoms. The molecular formula is C23H32O4Si. The van der Waals surface area contributed by atoms with Crippen molar-refractivity contribution >= 4 is 18.7 Å². The van der Waals surface area contributed by atoms with Crippen molar-refractivity contribution in [1.29, 1.82) is 0 Å². The van der Waals surface area contributed by atoms with E-state index in [0.717, 1.165) is 0 Å². The lowest BCUT2D eigenvalue weighted by atomic mass is 10.2. The smallest absolute Gasteiger partial charge is 0.261 e. The second kappa shape index (κ2) is 8.89. The molecule has 0 radical (unpaired) electrons. The third kappa shape index (κ3) is 4.24. The summed E-state index contributed by atoms with van der Waals surface area (Å²) in [5, 5.41) is 21.9. The highest BCUT2D eigenvalue weighted by atomic mass is 28.4. The molecule has 0 aromatic heterocycles. The van der Waals surface area contributed by atoms with E-state index < -0.39 is 14.4 Å². The summed E-state index contributed by atoms with van der Waals surface area (Å²) in [6.07, 6.45) is 0.279. The number of hydrogen-bond donors (Lipinski definition) is 2. The number of hydrogen-bond acceptors (Lipinski definition) is 4. The van der Waals surface area contributed by atoms with Crippen LogP contribution in [0.4, 0.5) is 0 Å². The Labute approximate surface area is 169 Å². The van der Waals surface area contributed by atoms with Crippen molar-refractivity contribution in [2.24, 2.45) is 0 Å². The molecule has 0 spiro atoms. The zero-order valence-electron chi connectivity index (χ0n) is 17.0. The molecular weight excluding hydrogens is 368 g/mol. The second-order valence-electron chi connectivity index (χ2n) is 8.57. The Balaban J connectivity index is 2.00. The lowest BCUT2D eigenvalue weighted by molar-refractivity contribution is -0.0306. The molecule has 0 heterocycles. The van der Waals surface area contributed by atoms with Gasteiger partial charge in [0, 0.05) is 12.8 Å². The van der Waals surface area contributed by atoms with E-state index in [1.807, 2.05) is 12.1 Å². The van der Waals surface area contributed by atoms with Gasteiger partial charge in [-0.3, -0.25) is 0 Å². The zero-order valence-corrected chi connectivity index (χ0v) is 18.0. The van der Waals surface area contributed by atoms with Crippen LogP contribution < -0.4 is 10.4 Å². The number of rotatable bonds is 7. The molecule has 0 saturated heterocycles. The van der Waals surface area contributed by atoms with E-state index in [1.54, 1.807) is 0 Å². The highest BCUT2D eigenvalue weighted by molar-refractivity contribution is 6.99. The van der Waals surface area contributed by atoms with Crippen molar-refractivity contribution in [3.63, 3.8) is 0 Å². The summed E-state index contributed by atoms with van der Waals surface area (Å²) in [6, 6.07) is 21.1. The standard InChI is InChI=1S/C23H32O4Si/c1-23(2,3)28(19-10-6-4-7-11-19,20-12-8-5-9-13-20)27-18-16-21(25)22(17-18)26-15-14-24/h4-13,18,21-22,24-25H,14-17H2,1-3H3. The molecule has 0 amide bonds. The molecule has 4 nitrogen and oxygen atoms in total. The van der Waals surface area contributed by atoms with Crippen molar-refractivity contribution in [1.82, 2.24) is 0 Å². The maximum absolute atomic E-state index is 10.5. The monoisotopic (exact) mass is 400 g/mol. The number of aliphatic hydroxyl groups is 2. The van der Waals surface area contributed by atoms with E-state index in [2.05, 4.69) is 69.3 Å². The van der Waals surface area contributed by atoms with E-state index >= 15 is 0 Å². The minimum absolute atomic E-state index is 0.0382. The maximum atomic E-state index is 10.5. The average Bonchev–Trinajstić information content (AvgIpc) is 3.04. The summed E-state index contributed by atoms with van der Waals surface area (Å²) in [5.74, 6) is 0. The molecule has 2 aromatic rings. The Bertz CT molecular complexity index is 690. The fourth-order valence-electron chi connectivity index (χ4n) is 4.35. The SMILES string of the molecule is CC(C)(C)[Si](OC1CC(O)C(OCCO)C1)(c1ccccc1)c1ccccc1. The minimum atomic E-state index is -2.62. The Hall–Kier alpha value is -1.50. The summed E-state index contributed by atoms with van der Waals surface area (Å²) >= 11 is 0. The largest absolute Gasteiger partial charge is 0.404 e. The fraction of sp³-hybridized carbons (Fsp3) is 0.478. The van der Waals surface area contributed by atoms with Gasteiger partial charge in [-0.15, -0.1) is 0 Å². The van der Waals surface area contributed by atoms with Gasteiger partial charge in [-0.05, 0) is 15.4 Å². The summed E-state index contributed by atoms with van der Waals surface area (Å²) in [5.41, 5.74) is 0. The van der Waals surface area contributed by atoms with Gasteiger partial charge in [-0.1, -0.05) is 81.4 Å². The Morgan fingerprint density at radius 3 is 1.93 bits per heavy atom. The van der Waals surface area contributed by atoms with E-state index in [4.69, 9.17) is 14.3 Å². The molecule has 2 N–H and O–H groups in total. The van der Waals surface area contributed by atoms with E-state index in [9.17, 15) is 5.11 Å². The average molecular weight is 401 g/mol. The predicted octanol–water partition coefficient (Wildman–Crippen LogP) is 2.46. The molecule has 28 heavy (non-hydrogen) atoms. The van der Waals surface area contributed by atoms with Crippen LogP contribution in [0.3, 0.4) is 0 Å². The van der Waals surface area contributed by atoms with Gasteiger partial charge in [0.1, 0.15) is 0 Å². The van der Waals surface area contributed by atoms with Gasteiger partial charge in [0.15, 0.2) is 0 Å². The first-order valence-electron chi connectivity index (χ1n) is 10.1. The van der Waals surface area contributed by atoms with Crippen molar-refractivity contribution in [3.8, 4) is 0 Å². The van der Waals surface area contributed by atoms with Gasteiger partial charge in [0.05, 0.1) is 31.5 Å². The molecule has 1 aliphatic carbocycles. The van der Waals surface area contributed by atoms with Crippen molar-refractivity contribution in [3.05, 3.63) is 60.7 Å². The van der Waals surface area contributed by atoms with Crippen molar-refractivity contribution in [2.45, 2.75) is 57.0 Å². The Morgan fingerprint density at radius 1 is 0.929 bits per heavy atom. The molecule has 3 rings (SSSR count). The van der Waals surface area contributed by atoms with Crippen LogP contribution in [0.15, 0.2) is 60.7 Å². The van der Waals surface area contributed by atoms with Crippen LogP contribution in [0.5, 0.6) is 0 Å². The summed E-state index contributed by atoms with van der Waals surface area (Å²) in [6.45, 7) is 6.97. The lowest BCUT2D eigenvalue weighted by Gasteiger charge is -2.44. The topological polar surface area (TPSA) is 58.9 Å². The highest BCUT2D eigenvalue weighted by Crippen LogP contribution is 2.40. The van der Waals surface area contributed by atoms with Gasteiger partial charge in [-0.2, -0.15) is 0 Å². The van der Waals surface area contributed by atoms with E-state index in [0.29, 0.717) is 12.8 Å². The molecule has 1 fully saturated rings. The fourth-order valence-corrected chi connectivity index (χ4v) is 9.06. The van der Waals surface area contributed by atoms with E-state index in [1.165, 1.54) is 10.4 Å².